The summed E-state index contributed by atoms with van der Waals surface area (Å²) >= 11 is 0. The summed E-state index contributed by atoms with van der Waals surface area (Å²) in [5, 5.41) is 6.37. The molecule has 3 rings (SSSR count). The van der Waals surface area contributed by atoms with E-state index in [0.717, 1.165) is 37.3 Å². The SMILES string of the molecule is O=C(NCc1ccco1)C1(c2ccccc2)CCNCC1. The van der Waals surface area contributed by atoms with Gasteiger partial charge in [-0.05, 0) is 43.6 Å². The van der Waals surface area contributed by atoms with Crippen LogP contribution in [-0.2, 0) is 16.8 Å². The third-order valence-electron chi connectivity index (χ3n) is 4.22. The van der Waals surface area contributed by atoms with Gasteiger partial charge >= 0.3 is 0 Å². The zero-order valence-electron chi connectivity index (χ0n) is 12.0. The highest BCUT2D eigenvalue weighted by atomic mass is 16.3. The van der Waals surface area contributed by atoms with E-state index in [-0.39, 0.29) is 5.91 Å². The highest BCUT2D eigenvalue weighted by Crippen LogP contribution is 2.33. The summed E-state index contributed by atoms with van der Waals surface area (Å²) in [5.41, 5.74) is 0.669. The fraction of sp³-hybridized carbons (Fsp3) is 0.353. The fourth-order valence-corrected chi connectivity index (χ4v) is 3.01. The van der Waals surface area contributed by atoms with Gasteiger partial charge in [0.25, 0.3) is 0 Å². The van der Waals surface area contributed by atoms with Crippen LogP contribution in [0.2, 0.25) is 0 Å². The molecule has 0 atom stereocenters. The Labute approximate surface area is 124 Å². The molecular weight excluding hydrogens is 264 g/mol. The van der Waals surface area contributed by atoms with Gasteiger partial charge in [0, 0.05) is 0 Å². The molecule has 1 aliphatic rings. The molecule has 1 aromatic carbocycles. The zero-order valence-corrected chi connectivity index (χ0v) is 12.0. The molecular formula is C17H20N2O2. The molecule has 21 heavy (non-hydrogen) atoms. The van der Waals surface area contributed by atoms with Gasteiger partial charge in [-0.3, -0.25) is 4.79 Å². The smallest absolute Gasteiger partial charge is 0.231 e. The molecule has 4 nitrogen and oxygen atoms in total. The molecule has 110 valence electrons. The Bertz CT molecular complexity index is 572. The number of carbonyl (C=O) groups is 1. The van der Waals surface area contributed by atoms with E-state index in [2.05, 4.69) is 22.8 Å². The highest BCUT2D eigenvalue weighted by Gasteiger charge is 2.40. The number of benzene rings is 1. The average Bonchev–Trinajstić information content (AvgIpc) is 3.07. The number of carbonyl (C=O) groups excluding carboxylic acids is 1. The quantitative estimate of drug-likeness (QED) is 0.905. The lowest BCUT2D eigenvalue weighted by molar-refractivity contribution is -0.128. The second-order valence-electron chi connectivity index (χ2n) is 5.46. The lowest BCUT2D eigenvalue weighted by atomic mass is 9.72. The predicted octanol–water partition coefficient (Wildman–Crippen LogP) is 2.22. The fourth-order valence-electron chi connectivity index (χ4n) is 3.01. The Morgan fingerprint density at radius 2 is 1.90 bits per heavy atom. The summed E-state index contributed by atoms with van der Waals surface area (Å²) in [7, 11) is 0. The van der Waals surface area contributed by atoms with Crippen molar-refractivity contribution in [3.05, 3.63) is 60.1 Å². The van der Waals surface area contributed by atoms with Crippen molar-refractivity contribution in [3.63, 3.8) is 0 Å². The maximum atomic E-state index is 12.8. The van der Waals surface area contributed by atoms with E-state index in [1.54, 1.807) is 6.26 Å². The number of hydrogen-bond acceptors (Lipinski definition) is 3. The van der Waals surface area contributed by atoms with Gasteiger partial charge in [-0.1, -0.05) is 30.3 Å². The van der Waals surface area contributed by atoms with Crippen molar-refractivity contribution < 1.29 is 9.21 Å². The first kappa shape index (κ1) is 13.9. The van der Waals surface area contributed by atoms with Crippen molar-refractivity contribution in [2.45, 2.75) is 24.8 Å². The molecule has 2 aromatic rings. The van der Waals surface area contributed by atoms with Crippen molar-refractivity contribution in [2.24, 2.45) is 0 Å². The van der Waals surface area contributed by atoms with Crippen LogP contribution in [0.5, 0.6) is 0 Å². The second kappa shape index (κ2) is 6.14. The standard InChI is InChI=1S/C17H20N2O2/c20-16(19-13-15-7-4-12-21-15)17(8-10-18-11-9-17)14-5-2-1-3-6-14/h1-7,12,18H,8-11,13H2,(H,19,20). The Morgan fingerprint density at radius 3 is 2.57 bits per heavy atom. The summed E-state index contributed by atoms with van der Waals surface area (Å²) in [6, 6.07) is 13.8. The van der Waals surface area contributed by atoms with Crippen LogP contribution >= 0.6 is 0 Å². The monoisotopic (exact) mass is 284 g/mol. The molecule has 0 spiro atoms. The molecule has 0 radical (unpaired) electrons. The van der Waals surface area contributed by atoms with Crippen LogP contribution in [0.3, 0.4) is 0 Å². The Balaban J connectivity index is 1.80. The van der Waals surface area contributed by atoms with E-state index in [0.29, 0.717) is 6.54 Å². The number of piperidine rings is 1. The summed E-state index contributed by atoms with van der Waals surface area (Å²) in [5.74, 6) is 0.868. The minimum Gasteiger partial charge on any atom is -0.467 e. The van der Waals surface area contributed by atoms with E-state index in [1.165, 1.54) is 0 Å². The number of nitrogens with one attached hydrogen (secondary N) is 2. The first-order valence-electron chi connectivity index (χ1n) is 7.38. The van der Waals surface area contributed by atoms with Crippen molar-refractivity contribution in [3.8, 4) is 0 Å². The molecule has 1 amide bonds. The van der Waals surface area contributed by atoms with E-state index in [1.807, 2.05) is 30.3 Å². The van der Waals surface area contributed by atoms with E-state index in [4.69, 9.17) is 4.42 Å². The average molecular weight is 284 g/mol. The van der Waals surface area contributed by atoms with Gasteiger partial charge in [0.1, 0.15) is 5.76 Å². The number of furan rings is 1. The molecule has 2 heterocycles. The van der Waals surface area contributed by atoms with E-state index >= 15 is 0 Å². The molecule has 2 N–H and O–H groups in total. The van der Waals surface area contributed by atoms with Gasteiger partial charge in [0.05, 0.1) is 18.2 Å². The minimum absolute atomic E-state index is 0.0894. The zero-order chi connectivity index (χ0) is 14.5. The third-order valence-corrected chi connectivity index (χ3v) is 4.22. The van der Waals surface area contributed by atoms with Crippen LogP contribution in [0.15, 0.2) is 53.1 Å². The van der Waals surface area contributed by atoms with Crippen molar-refractivity contribution in [1.29, 1.82) is 0 Å². The van der Waals surface area contributed by atoms with Crippen LogP contribution in [0.25, 0.3) is 0 Å². The summed E-state index contributed by atoms with van der Waals surface area (Å²) in [6.45, 7) is 2.17. The van der Waals surface area contributed by atoms with Gasteiger partial charge in [-0.15, -0.1) is 0 Å². The van der Waals surface area contributed by atoms with Gasteiger partial charge in [0.2, 0.25) is 5.91 Å². The molecule has 1 fully saturated rings. The number of amides is 1. The maximum Gasteiger partial charge on any atom is 0.231 e. The number of rotatable bonds is 4. The van der Waals surface area contributed by atoms with Crippen LogP contribution in [-0.4, -0.2) is 19.0 Å². The van der Waals surface area contributed by atoms with Crippen molar-refractivity contribution in [2.75, 3.05) is 13.1 Å². The molecule has 4 heteroatoms. The Kier molecular flexibility index (Phi) is 4.06. The van der Waals surface area contributed by atoms with Crippen LogP contribution < -0.4 is 10.6 Å². The number of hydrogen-bond donors (Lipinski definition) is 2. The van der Waals surface area contributed by atoms with Crippen LogP contribution in [0.1, 0.15) is 24.2 Å². The minimum atomic E-state index is -0.431. The molecule has 0 bridgehead atoms. The normalized spacial score (nSPS) is 17.3. The van der Waals surface area contributed by atoms with Crippen LogP contribution in [0, 0.1) is 0 Å². The molecule has 0 saturated carbocycles. The van der Waals surface area contributed by atoms with Crippen LogP contribution in [0.4, 0.5) is 0 Å². The van der Waals surface area contributed by atoms with Gasteiger partial charge in [-0.2, -0.15) is 0 Å². The first-order valence-corrected chi connectivity index (χ1v) is 7.38. The largest absolute Gasteiger partial charge is 0.467 e. The van der Waals surface area contributed by atoms with Crippen molar-refractivity contribution in [1.82, 2.24) is 10.6 Å². The van der Waals surface area contributed by atoms with E-state index < -0.39 is 5.41 Å². The summed E-state index contributed by atoms with van der Waals surface area (Å²) in [4.78, 5) is 12.8. The summed E-state index contributed by atoms with van der Waals surface area (Å²) in [6.07, 6.45) is 3.26. The lowest BCUT2D eigenvalue weighted by Gasteiger charge is -2.36. The topological polar surface area (TPSA) is 54.3 Å². The second-order valence-corrected chi connectivity index (χ2v) is 5.46. The Hall–Kier alpha value is -2.07. The van der Waals surface area contributed by atoms with Crippen molar-refractivity contribution >= 4 is 5.91 Å². The Morgan fingerprint density at radius 1 is 1.14 bits per heavy atom. The first-order chi connectivity index (χ1) is 10.3. The molecule has 0 aliphatic carbocycles. The maximum absolute atomic E-state index is 12.8. The highest BCUT2D eigenvalue weighted by molar-refractivity contribution is 5.88. The predicted molar refractivity (Wildman–Crippen MR) is 80.8 cm³/mol. The van der Waals surface area contributed by atoms with Gasteiger partial charge in [0.15, 0.2) is 0 Å². The molecule has 1 saturated heterocycles. The lowest BCUT2D eigenvalue weighted by Crippen LogP contribution is -2.50. The van der Waals surface area contributed by atoms with E-state index in [9.17, 15) is 4.79 Å². The molecule has 1 aliphatic heterocycles. The molecule has 1 aromatic heterocycles. The molecule has 0 unspecified atom stereocenters. The third kappa shape index (κ3) is 2.85. The van der Waals surface area contributed by atoms with Gasteiger partial charge in [-0.25, -0.2) is 0 Å². The van der Waals surface area contributed by atoms with Gasteiger partial charge < -0.3 is 15.1 Å². The summed E-state index contributed by atoms with van der Waals surface area (Å²) < 4.78 is 5.28.